The SMILES string of the molecule is CNCCN(CCF)C(=O)O/N=C(\C)[C@H]1CC[C@H]2[C@@H]3CC[C@H]4CC(=O)CC[C@]4(C)[C@H]3CC[C@]12C. The highest BCUT2D eigenvalue weighted by Crippen LogP contribution is 2.67. The number of halogens is 1. The Hall–Kier alpha value is -1.50. The molecule has 7 atom stereocenters. The van der Waals surface area contributed by atoms with Crippen LogP contribution in [-0.2, 0) is 9.63 Å². The summed E-state index contributed by atoms with van der Waals surface area (Å²) in [5.74, 6) is 3.50. The first-order valence-corrected chi connectivity index (χ1v) is 13.5. The Bertz CT molecular complexity index is 804. The lowest BCUT2D eigenvalue weighted by molar-refractivity contribution is -0.138. The molecule has 4 saturated carbocycles. The number of rotatable bonds is 7. The molecule has 1 amide bonds. The lowest BCUT2D eigenvalue weighted by Crippen LogP contribution is -2.53. The van der Waals surface area contributed by atoms with Crippen LogP contribution in [0.2, 0.25) is 0 Å². The third-order valence-corrected chi connectivity index (χ3v) is 10.5. The highest BCUT2D eigenvalue weighted by Gasteiger charge is 2.60. The molecule has 192 valence electrons. The van der Waals surface area contributed by atoms with Gasteiger partial charge in [-0.3, -0.25) is 9.63 Å². The molecule has 0 aromatic carbocycles. The van der Waals surface area contributed by atoms with Gasteiger partial charge in [0.1, 0.15) is 12.5 Å². The largest absolute Gasteiger partial charge is 0.436 e. The number of likely N-dealkylation sites (N-methyl/N-ethyl adjacent to an activating group) is 1. The van der Waals surface area contributed by atoms with E-state index in [1.165, 1.54) is 37.0 Å². The van der Waals surface area contributed by atoms with Gasteiger partial charge in [0.05, 0.1) is 12.3 Å². The summed E-state index contributed by atoms with van der Waals surface area (Å²) in [6.07, 6.45) is 9.22. The first-order valence-electron chi connectivity index (χ1n) is 13.5. The summed E-state index contributed by atoms with van der Waals surface area (Å²) in [6.45, 7) is 7.32. The zero-order chi connectivity index (χ0) is 24.5. The van der Waals surface area contributed by atoms with Gasteiger partial charge in [0, 0.05) is 31.8 Å². The number of oxime groups is 1. The Morgan fingerprint density at radius 3 is 2.62 bits per heavy atom. The number of ketones is 1. The number of alkyl halides is 1. The zero-order valence-corrected chi connectivity index (χ0v) is 21.6. The second-order valence-corrected chi connectivity index (χ2v) is 11.9. The van der Waals surface area contributed by atoms with Crippen LogP contribution < -0.4 is 5.32 Å². The third kappa shape index (κ3) is 4.54. The van der Waals surface area contributed by atoms with E-state index in [2.05, 4.69) is 24.3 Å². The minimum absolute atomic E-state index is 0.0206. The molecule has 6 nitrogen and oxygen atoms in total. The van der Waals surface area contributed by atoms with E-state index in [0.29, 0.717) is 42.0 Å². The molecule has 34 heavy (non-hydrogen) atoms. The summed E-state index contributed by atoms with van der Waals surface area (Å²) >= 11 is 0. The molecule has 0 radical (unpaired) electrons. The van der Waals surface area contributed by atoms with Crippen LogP contribution >= 0.6 is 0 Å². The summed E-state index contributed by atoms with van der Waals surface area (Å²) < 4.78 is 12.9. The molecule has 4 fully saturated rings. The Morgan fingerprint density at radius 1 is 1.12 bits per heavy atom. The topological polar surface area (TPSA) is 71.0 Å². The van der Waals surface area contributed by atoms with Crippen LogP contribution in [-0.4, -0.2) is 55.8 Å². The maximum Gasteiger partial charge on any atom is 0.436 e. The van der Waals surface area contributed by atoms with E-state index < -0.39 is 12.8 Å². The van der Waals surface area contributed by atoms with Crippen molar-refractivity contribution in [3.05, 3.63) is 0 Å². The predicted molar refractivity (Wildman–Crippen MR) is 131 cm³/mol. The minimum Gasteiger partial charge on any atom is -0.318 e. The Morgan fingerprint density at radius 2 is 1.88 bits per heavy atom. The molecule has 0 heterocycles. The van der Waals surface area contributed by atoms with E-state index in [0.717, 1.165) is 43.2 Å². The smallest absolute Gasteiger partial charge is 0.318 e. The van der Waals surface area contributed by atoms with Crippen LogP contribution in [0.25, 0.3) is 0 Å². The third-order valence-electron chi connectivity index (χ3n) is 10.5. The summed E-state index contributed by atoms with van der Waals surface area (Å²) in [5.41, 5.74) is 1.40. The average Bonchev–Trinajstić information content (AvgIpc) is 3.17. The van der Waals surface area contributed by atoms with Crippen LogP contribution in [0.4, 0.5) is 9.18 Å². The van der Waals surface area contributed by atoms with E-state index in [9.17, 15) is 14.0 Å². The number of nitrogens with one attached hydrogen (secondary N) is 1. The molecule has 1 N–H and O–H groups in total. The van der Waals surface area contributed by atoms with Crippen LogP contribution in [0.15, 0.2) is 5.16 Å². The van der Waals surface area contributed by atoms with E-state index in [1.807, 2.05) is 6.92 Å². The normalized spacial score (nSPS) is 39.7. The summed E-state index contributed by atoms with van der Waals surface area (Å²) in [4.78, 5) is 31.3. The van der Waals surface area contributed by atoms with Gasteiger partial charge in [-0.05, 0) is 93.4 Å². The van der Waals surface area contributed by atoms with Crippen LogP contribution in [0.5, 0.6) is 0 Å². The molecular weight excluding hydrogens is 433 g/mol. The highest BCUT2D eigenvalue weighted by molar-refractivity contribution is 5.85. The summed E-state index contributed by atoms with van der Waals surface area (Å²) in [7, 11) is 1.80. The van der Waals surface area contributed by atoms with Gasteiger partial charge in [-0.2, -0.15) is 0 Å². The van der Waals surface area contributed by atoms with Gasteiger partial charge in [-0.25, -0.2) is 9.18 Å². The minimum atomic E-state index is -0.597. The van der Waals surface area contributed by atoms with Crippen molar-refractivity contribution in [1.82, 2.24) is 10.2 Å². The van der Waals surface area contributed by atoms with E-state index in [-0.39, 0.29) is 12.0 Å². The van der Waals surface area contributed by atoms with Crippen LogP contribution in [0.3, 0.4) is 0 Å². The molecule has 0 spiro atoms. The van der Waals surface area contributed by atoms with E-state index in [4.69, 9.17) is 4.84 Å². The Labute approximate surface area is 204 Å². The summed E-state index contributed by atoms with van der Waals surface area (Å²) in [5, 5.41) is 7.27. The molecule has 0 unspecified atom stereocenters. The van der Waals surface area contributed by atoms with Crippen molar-refractivity contribution in [2.75, 3.05) is 33.4 Å². The maximum absolute atomic E-state index is 12.9. The summed E-state index contributed by atoms with van der Waals surface area (Å²) in [6, 6.07) is 0. The molecular formula is C27H44FN3O3. The first kappa shape index (κ1) is 25.6. The van der Waals surface area contributed by atoms with Crippen LogP contribution in [0, 0.1) is 40.4 Å². The van der Waals surface area contributed by atoms with Crippen molar-refractivity contribution in [3.8, 4) is 0 Å². The Kier molecular flexibility index (Phi) is 7.70. The van der Waals surface area contributed by atoms with Crippen molar-refractivity contribution < 1.29 is 18.8 Å². The van der Waals surface area contributed by atoms with Gasteiger partial charge < -0.3 is 10.2 Å². The fraction of sp³-hybridized carbons (Fsp3) is 0.889. The van der Waals surface area contributed by atoms with Gasteiger partial charge in [-0.1, -0.05) is 19.0 Å². The predicted octanol–water partition coefficient (Wildman–Crippen LogP) is 5.22. The van der Waals surface area contributed by atoms with Crippen molar-refractivity contribution in [1.29, 1.82) is 0 Å². The second kappa shape index (κ2) is 10.2. The number of fused-ring (bicyclic) bond motifs is 5. The van der Waals surface area contributed by atoms with E-state index >= 15 is 0 Å². The maximum atomic E-state index is 12.9. The number of carbonyl (C=O) groups excluding carboxylic acids is 2. The lowest BCUT2D eigenvalue weighted by Gasteiger charge is -2.60. The Balaban J connectivity index is 1.44. The van der Waals surface area contributed by atoms with Gasteiger partial charge in [0.2, 0.25) is 0 Å². The molecule has 0 aromatic heterocycles. The molecule has 4 rings (SSSR count). The van der Waals surface area contributed by atoms with Crippen molar-refractivity contribution in [2.24, 2.45) is 45.6 Å². The fourth-order valence-corrected chi connectivity index (χ4v) is 8.61. The lowest BCUT2D eigenvalue weighted by atomic mass is 9.44. The second-order valence-electron chi connectivity index (χ2n) is 11.9. The van der Waals surface area contributed by atoms with Crippen molar-refractivity contribution in [3.63, 3.8) is 0 Å². The van der Waals surface area contributed by atoms with Crippen molar-refractivity contribution in [2.45, 2.75) is 78.6 Å². The molecule has 4 aliphatic rings. The quantitative estimate of drug-likeness (QED) is 0.310. The molecule has 0 aliphatic heterocycles. The van der Waals surface area contributed by atoms with Gasteiger partial charge >= 0.3 is 6.09 Å². The fourth-order valence-electron chi connectivity index (χ4n) is 8.61. The first-order chi connectivity index (χ1) is 16.2. The van der Waals surface area contributed by atoms with Crippen molar-refractivity contribution >= 4 is 17.6 Å². The molecule has 0 saturated heterocycles. The van der Waals surface area contributed by atoms with Gasteiger partial charge in [-0.15, -0.1) is 0 Å². The zero-order valence-electron chi connectivity index (χ0n) is 21.6. The van der Waals surface area contributed by atoms with Gasteiger partial charge in [0.15, 0.2) is 0 Å². The number of hydrogen-bond acceptors (Lipinski definition) is 5. The highest BCUT2D eigenvalue weighted by atomic mass is 19.1. The van der Waals surface area contributed by atoms with Gasteiger partial charge in [0.25, 0.3) is 0 Å². The van der Waals surface area contributed by atoms with E-state index in [1.54, 1.807) is 7.05 Å². The molecule has 7 heteroatoms. The standard InChI is InChI=1S/C27H44FN3O3/c1-18(30-34-25(33)31(15-13-28)16-14-29-4)22-7-8-23-21-6-5-19-17-20(32)9-11-26(19,2)24(21)10-12-27(22,23)3/h19,21-24,29H,5-17H2,1-4H3/b30-18+/t19-,21-,22+,23-,24-,26-,27+/m0/s1. The number of nitrogens with zero attached hydrogens (tertiary/aromatic N) is 2. The number of hydrogen-bond donors (Lipinski definition) is 1. The number of Topliss-reactive ketones (excluding diaryl/α,β-unsaturated/α-hetero) is 1. The number of carbonyl (C=O) groups is 2. The molecule has 0 aromatic rings. The average molecular weight is 478 g/mol. The molecule has 4 aliphatic carbocycles. The van der Waals surface area contributed by atoms with Crippen LogP contribution in [0.1, 0.15) is 78.6 Å². The number of amides is 1. The molecule has 0 bridgehead atoms. The monoisotopic (exact) mass is 477 g/mol.